The zero-order chi connectivity index (χ0) is 14.6. The van der Waals surface area contributed by atoms with E-state index in [1.165, 1.54) is 12.3 Å². The smallest absolute Gasteiger partial charge is 0.258 e. The highest BCUT2D eigenvalue weighted by Crippen LogP contribution is 2.13. The number of nitrogens with one attached hydrogen (secondary N) is 1. The Hall–Kier alpha value is -1.28. The van der Waals surface area contributed by atoms with E-state index in [9.17, 15) is 8.42 Å². The van der Waals surface area contributed by atoms with Gasteiger partial charge in [0.25, 0.3) is 10.0 Å². The van der Waals surface area contributed by atoms with E-state index in [4.69, 9.17) is 5.73 Å². The summed E-state index contributed by atoms with van der Waals surface area (Å²) in [5.74, 6) is 0. The lowest BCUT2D eigenvalue weighted by atomic mass is 10.2. The fourth-order valence-electron chi connectivity index (χ4n) is 1.79. The molecule has 0 saturated carbocycles. The van der Waals surface area contributed by atoms with Crippen LogP contribution in [0.25, 0.3) is 0 Å². The van der Waals surface area contributed by atoms with Gasteiger partial charge in [-0.2, -0.15) is 0 Å². The van der Waals surface area contributed by atoms with E-state index in [1.54, 1.807) is 17.4 Å². The van der Waals surface area contributed by atoms with Crippen LogP contribution in [0.5, 0.6) is 0 Å². The third-order valence-electron chi connectivity index (χ3n) is 2.75. The van der Waals surface area contributed by atoms with Gasteiger partial charge in [0.05, 0.1) is 0 Å². The lowest BCUT2D eigenvalue weighted by Crippen LogP contribution is -2.34. The van der Waals surface area contributed by atoms with Crippen molar-refractivity contribution < 1.29 is 8.42 Å². The van der Waals surface area contributed by atoms with Crippen molar-refractivity contribution in [1.82, 2.24) is 9.71 Å². The predicted octanol–water partition coefficient (Wildman–Crippen LogP) is 1.51. The van der Waals surface area contributed by atoms with Gasteiger partial charge in [-0.15, -0.1) is 11.3 Å². The molecule has 0 fully saturated rings. The Balaban J connectivity index is 2.05. The second-order valence-electron chi connectivity index (χ2n) is 4.51. The first kappa shape index (κ1) is 15.1. The lowest BCUT2D eigenvalue weighted by Gasteiger charge is -2.13. The molecule has 1 atom stereocenters. The molecule has 108 valence electrons. The third kappa shape index (κ3) is 3.86. The van der Waals surface area contributed by atoms with Gasteiger partial charge in [-0.05, 0) is 36.4 Å². The Morgan fingerprint density at radius 1 is 1.40 bits per heavy atom. The molecule has 2 heterocycles. The number of nitrogens with two attached hydrogens (primary N) is 1. The van der Waals surface area contributed by atoms with E-state index in [0.717, 1.165) is 10.4 Å². The maximum atomic E-state index is 12.2. The van der Waals surface area contributed by atoms with Crippen LogP contribution in [-0.2, 0) is 23.0 Å². The van der Waals surface area contributed by atoms with Crippen LogP contribution in [0.1, 0.15) is 17.4 Å². The Kier molecular flexibility index (Phi) is 4.87. The summed E-state index contributed by atoms with van der Waals surface area (Å²) in [7, 11) is -3.58. The van der Waals surface area contributed by atoms with Crippen molar-refractivity contribution in [2.45, 2.75) is 31.0 Å². The first-order valence-corrected chi connectivity index (χ1v) is 8.57. The van der Waals surface area contributed by atoms with Gasteiger partial charge in [-0.3, -0.25) is 0 Å². The zero-order valence-corrected chi connectivity index (χ0v) is 12.7. The first-order valence-electron chi connectivity index (χ1n) is 6.21. The Morgan fingerprint density at radius 2 is 2.20 bits per heavy atom. The molecule has 3 N–H and O–H groups in total. The molecule has 5 nitrogen and oxygen atoms in total. The molecule has 0 amide bonds. The molecule has 20 heavy (non-hydrogen) atoms. The predicted molar refractivity (Wildman–Crippen MR) is 79.9 cm³/mol. The minimum atomic E-state index is -3.58. The average Bonchev–Trinajstić information content (AvgIpc) is 2.91. The summed E-state index contributed by atoms with van der Waals surface area (Å²) in [6.45, 7) is 2.18. The quantitative estimate of drug-likeness (QED) is 0.847. The van der Waals surface area contributed by atoms with Crippen LogP contribution < -0.4 is 10.5 Å². The summed E-state index contributed by atoms with van der Waals surface area (Å²) >= 11 is 1.61. The number of hydrogen-bond acceptors (Lipinski definition) is 5. The average molecular weight is 311 g/mol. The number of aromatic nitrogens is 1. The summed E-state index contributed by atoms with van der Waals surface area (Å²) in [4.78, 5) is 5.09. The summed E-state index contributed by atoms with van der Waals surface area (Å²) in [6, 6.07) is 6.90. The van der Waals surface area contributed by atoms with Crippen LogP contribution in [-0.4, -0.2) is 19.4 Å². The van der Waals surface area contributed by atoms with Crippen molar-refractivity contribution in [3.8, 4) is 0 Å². The van der Waals surface area contributed by atoms with Gasteiger partial charge in [0.15, 0.2) is 5.03 Å². The highest BCUT2D eigenvalue weighted by atomic mass is 32.2. The van der Waals surface area contributed by atoms with Crippen LogP contribution in [0.2, 0.25) is 0 Å². The maximum Gasteiger partial charge on any atom is 0.258 e. The molecule has 2 aromatic rings. The van der Waals surface area contributed by atoms with Gasteiger partial charge in [0.1, 0.15) is 0 Å². The molecule has 0 spiro atoms. The van der Waals surface area contributed by atoms with Crippen molar-refractivity contribution >= 4 is 21.4 Å². The lowest BCUT2D eigenvalue weighted by molar-refractivity contribution is 0.557. The van der Waals surface area contributed by atoms with Crippen LogP contribution in [0, 0.1) is 0 Å². The van der Waals surface area contributed by atoms with Crippen molar-refractivity contribution in [2.75, 3.05) is 0 Å². The summed E-state index contributed by atoms with van der Waals surface area (Å²) < 4.78 is 27.0. The second kappa shape index (κ2) is 6.45. The van der Waals surface area contributed by atoms with Crippen LogP contribution in [0.4, 0.5) is 0 Å². The molecular formula is C13H17N3O2S2. The van der Waals surface area contributed by atoms with Crippen LogP contribution in [0.3, 0.4) is 0 Å². The molecule has 0 aromatic carbocycles. The Morgan fingerprint density at radius 3 is 2.75 bits per heavy atom. The van der Waals surface area contributed by atoms with Crippen molar-refractivity contribution in [1.29, 1.82) is 0 Å². The Labute approximate surface area is 122 Å². The number of sulfonamides is 1. The van der Waals surface area contributed by atoms with Gasteiger partial charge in [0, 0.05) is 23.7 Å². The molecule has 1 unspecified atom stereocenters. The van der Waals surface area contributed by atoms with Gasteiger partial charge in [0.2, 0.25) is 0 Å². The fraction of sp³-hybridized carbons (Fsp3) is 0.308. The molecule has 0 aliphatic rings. The van der Waals surface area contributed by atoms with Crippen molar-refractivity contribution in [2.24, 2.45) is 5.73 Å². The molecule has 2 aromatic heterocycles. The second-order valence-corrected chi connectivity index (χ2v) is 7.21. The van der Waals surface area contributed by atoms with Crippen molar-refractivity contribution in [3.63, 3.8) is 0 Å². The van der Waals surface area contributed by atoms with E-state index < -0.39 is 10.0 Å². The zero-order valence-electron chi connectivity index (χ0n) is 11.1. The van der Waals surface area contributed by atoms with E-state index in [1.807, 2.05) is 24.4 Å². The molecule has 0 aliphatic carbocycles. The fourth-order valence-corrected chi connectivity index (χ4v) is 3.80. The monoisotopic (exact) mass is 311 g/mol. The summed E-state index contributed by atoms with van der Waals surface area (Å²) in [6.07, 6.45) is 2.15. The van der Waals surface area contributed by atoms with Crippen LogP contribution >= 0.6 is 11.3 Å². The molecule has 0 bridgehead atoms. The van der Waals surface area contributed by atoms with Gasteiger partial charge < -0.3 is 5.73 Å². The molecular weight excluding hydrogens is 294 g/mol. The minimum absolute atomic E-state index is 0.0210. The number of nitrogens with zero attached hydrogens (tertiary/aromatic N) is 1. The number of thiophene rings is 1. The maximum absolute atomic E-state index is 12.2. The first-order chi connectivity index (χ1) is 9.51. The number of hydrogen-bond donors (Lipinski definition) is 2. The number of rotatable bonds is 6. The highest BCUT2D eigenvalue weighted by Gasteiger charge is 2.19. The number of pyridine rings is 1. The van der Waals surface area contributed by atoms with Gasteiger partial charge >= 0.3 is 0 Å². The van der Waals surface area contributed by atoms with Gasteiger partial charge in [-0.1, -0.05) is 12.1 Å². The largest absolute Gasteiger partial charge is 0.326 e. The molecule has 0 saturated heterocycles. The molecule has 0 radical (unpaired) electrons. The normalized spacial score (nSPS) is 13.3. The van der Waals surface area contributed by atoms with E-state index in [2.05, 4.69) is 9.71 Å². The van der Waals surface area contributed by atoms with E-state index in [-0.39, 0.29) is 11.1 Å². The summed E-state index contributed by atoms with van der Waals surface area (Å²) in [5, 5.41) is 2.00. The van der Waals surface area contributed by atoms with Crippen LogP contribution in [0.15, 0.2) is 40.9 Å². The van der Waals surface area contributed by atoms with Crippen molar-refractivity contribution in [3.05, 3.63) is 46.3 Å². The van der Waals surface area contributed by atoms with E-state index >= 15 is 0 Å². The SMILES string of the molecule is CC(Cc1cccs1)NS(=O)(=O)c1ccc(CN)cn1. The standard InChI is InChI=1S/C13H17N3O2S2/c1-10(7-12-3-2-6-19-12)16-20(17,18)13-5-4-11(8-14)9-15-13/h2-6,9-10,16H,7-8,14H2,1H3. The summed E-state index contributed by atoms with van der Waals surface area (Å²) in [5.41, 5.74) is 6.26. The van der Waals surface area contributed by atoms with E-state index in [0.29, 0.717) is 13.0 Å². The molecule has 7 heteroatoms. The van der Waals surface area contributed by atoms with Gasteiger partial charge in [-0.25, -0.2) is 18.1 Å². The Bertz CT molecular complexity index is 637. The molecule has 0 aliphatic heterocycles. The topological polar surface area (TPSA) is 85.1 Å². The highest BCUT2D eigenvalue weighted by molar-refractivity contribution is 7.89. The third-order valence-corrected chi connectivity index (χ3v) is 5.16. The molecule has 2 rings (SSSR count). The minimum Gasteiger partial charge on any atom is -0.326 e.